The number of hydrogen-bond donors (Lipinski definition) is 1. The number of unbranched alkanes of at least 4 members (excludes halogenated alkanes) is 1. The molecule has 0 radical (unpaired) electrons. The first-order valence-electron chi connectivity index (χ1n) is 8.28. The van der Waals surface area contributed by atoms with Gasteiger partial charge in [-0.1, -0.05) is 25.1 Å². The van der Waals surface area contributed by atoms with Crippen LogP contribution in [0.15, 0.2) is 24.3 Å². The molecule has 4 nitrogen and oxygen atoms in total. The summed E-state index contributed by atoms with van der Waals surface area (Å²) in [5.74, 6) is 2.88. The van der Waals surface area contributed by atoms with Crippen LogP contribution in [0.25, 0.3) is 21.9 Å². The Morgan fingerprint density at radius 3 is 2.78 bits per heavy atom. The van der Waals surface area contributed by atoms with Crippen LogP contribution in [0.2, 0.25) is 0 Å². The van der Waals surface area contributed by atoms with Crippen LogP contribution in [0, 0.1) is 0 Å². The monoisotopic (exact) mass is 328 g/mol. The van der Waals surface area contributed by atoms with Gasteiger partial charge in [0.05, 0.1) is 11.0 Å². The van der Waals surface area contributed by atoms with Gasteiger partial charge in [0, 0.05) is 18.4 Å². The van der Waals surface area contributed by atoms with Crippen LogP contribution in [0.3, 0.4) is 0 Å². The summed E-state index contributed by atoms with van der Waals surface area (Å²) in [4.78, 5) is 9.35. The number of pyridine rings is 1. The second-order valence-corrected chi connectivity index (χ2v) is 6.83. The molecule has 0 amide bonds. The lowest BCUT2D eigenvalue weighted by Gasteiger charge is -2.10. The van der Waals surface area contributed by atoms with Gasteiger partial charge in [-0.15, -0.1) is 0 Å². The van der Waals surface area contributed by atoms with Crippen molar-refractivity contribution in [2.24, 2.45) is 0 Å². The maximum absolute atomic E-state index is 6.19. The van der Waals surface area contributed by atoms with E-state index in [0.29, 0.717) is 5.82 Å². The number of imidazole rings is 1. The van der Waals surface area contributed by atoms with Crippen molar-refractivity contribution in [2.45, 2.75) is 39.2 Å². The predicted molar refractivity (Wildman–Crippen MR) is 101 cm³/mol. The molecule has 0 bridgehead atoms. The average molecular weight is 328 g/mol. The summed E-state index contributed by atoms with van der Waals surface area (Å²) < 4.78 is 2.37. The number of rotatable bonds is 7. The molecule has 2 aromatic heterocycles. The van der Waals surface area contributed by atoms with E-state index in [1.807, 2.05) is 23.9 Å². The van der Waals surface area contributed by atoms with Crippen molar-refractivity contribution in [1.29, 1.82) is 0 Å². The number of nitrogens with two attached hydrogens (primary N) is 1. The lowest BCUT2D eigenvalue weighted by Crippen LogP contribution is -2.05. The van der Waals surface area contributed by atoms with Gasteiger partial charge < -0.3 is 10.3 Å². The van der Waals surface area contributed by atoms with Gasteiger partial charge in [0.1, 0.15) is 11.3 Å². The van der Waals surface area contributed by atoms with E-state index in [1.54, 1.807) is 0 Å². The number of benzene rings is 1. The summed E-state index contributed by atoms with van der Waals surface area (Å²) >= 11 is 1.91. The van der Waals surface area contributed by atoms with Gasteiger partial charge in [0.2, 0.25) is 0 Å². The Morgan fingerprint density at radius 2 is 2.00 bits per heavy atom. The fourth-order valence-corrected chi connectivity index (χ4v) is 3.57. The number of aromatic nitrogens is 3. The molecular weight excluding hydrogens is 304 g/mol. The maximum atomic E-state index is 6.19. The van der Waals surface area contributed by atoms with Gasteiger partial charge in [-0.2, -0.15) is 11.8 Å². The van der Waals surface area contributed by atoms with E-state index in [4.69, 9.17) is 10.7 Å². The Morgan fingerprint density at radius 1 is 1.17 bits per heavy atom. The molecule has 0 saturated carbocycles. The number of para-hydroxylation sites is 1. The zero-order valence-electron chi connectivity index (χ0n) is 13.9. The Labute approximate surface area is 141 Å². The lowest BCUT2D eigenvalue weighted by atomic mass is 10.2. The molecule has 5 heteroatoms. The first-order chi connectivity index (χ1) is 11.3. The Bertz CT molecular complexity index is 809. The summed E-state index contributed by atoms with van der Waals surface area (Å²) in [5, 5.41) is 1.15. The third kappa shape index (κ3) is 3.15. The summed E-state index contributed by atoms with van der Waals surface area (Å²) in [6.45, 7) is 3.19. The SMILES string of the molecule is CCCc1nc2c(N)nc3ccccc3c2n1CCCCSC. The normalized spacial score (nSPS) is 11.6. The van der Waals surface area contributed by atoms with Crippen molar-refractivity contribution in [3.05, 3.63) is 30.1 Å². The zero-order chi connectivity index (χ0) is 16.2. The molecule has 1 aromatic carbocycles. The van der Waals surface area contributed by atoms with Crippen molar-refractivity contribution in [3.8, 4) is 0 Å². The third-order valence-electron chi connectivity index (χ3n) is 4.14. The van der Waals surface area contributed by atoms with Crippen LogP contribution in [0.5, 0.6) is 0 Å². The highest BCUT2D eigenvalue weighted by Gasteiger charge is 2.16. The van der Waals surface area contributed by atoms with E-state index in [-0.39, 0.29) is 0 Å². The van der Waals surface area contributed by atoms with E-state index in [0.717, 1.165) is 47.1 Å². The first kappa shape index (κ1) is 16.1. The largest absolute Gasteiger partial charge is 0.382 e. The third-order valence-corrected chi connectivity index (χ3v) is 4.84. The Kier molecular flexibility index (Phi) is 5.06. The number of nitrogen functional groups attached to an aromatic ring is 1. The van der Waals surface area contributed by atoms with Crippen LogP contribution >= 0.6 is 11.8 Å². The molecule has 3 rings (SSSR count). The van der Waals surface area contributed by atoms with Crippen LogP contribution in [-0.2, 0) is 13.0 Å². The fraction of sp³-hybridized carbons (Fsp3) is 0.444. The second-order valence-electron chi connectivity index (χ2n) is 5.84. The first-order valence-corrected chi connectivity index (χ1v) is 9.68. The molecule has 0 aliphatic rings. The van der Waals surface area contributed by atoms with Crippen LogP contribution < -0.4 is 5.73 Å². The van der Waals surface area contributed by atoms with Gasteiger partial charge in [-0.05, 0) is 37.3 Å². The number of fused-ring (bicyclic) bond motifs is 3. The highest BCUT2D eigenvalue weighted by atomic mass is 32.2. The van der Waals surface area contributed by atoms with E-state index in [2.05, 4.69) is 34.9 Å². The molecule has 0 fully saturated rings. The molecule has 0 atom stereocenters. The summed E-state index contributed by atoms with van der Waals surface area (Å²) in [6, 6.07) is 8.21. The number of aryl methyl sites for hydroxylation is 2. The molecule has 0 aliphatic carbocycles. The summed E-state index contributed by atoms with van der Waals surface area (Å²) in [7, 11) is 0. The van der Waals surface area contributed by atoms with Crippen molar-refractivity contribution in [2.75, 3.05) is 17.7 Å². The highest BCUT2D eigenvalue weighted by molar-refractivity contribution is 7.98. The molecule has 23 heavy (non-hydrogen) atoms. The van der Waals surface area contributed by atoms with Gasteiger partial charge in [-0.25, -0.2) is 9.97 Å². The fourth-order valence-electron chi connectivity index (χ4n) is 3.08. The minimum atomic E-state index is 0.541. The molecule has 122 valence electrons. The molecule has 3 aromatic rings. The summed E-state index contributed by atoms with van der Waals surface area (Å²) in [5.41, 5.74) is 9.15. The number of nitrogens with zero attached hydrogens (tertiary/aromatic N) is 3. The number of thioether (sulfide) groups is 1. The van der Waals surface area contributed by atoms with E-state index < -0.39 is 0 Å². The molecule has 0 unspecified atom stereocenters. The Hall–Kier alpha value is -1.75. The zero-order valence-corrected chi connectivity index (χ0v) is 14.7. The second kappa shape index (κ2) is 7.21. The van der Waals surface area contributed by atoms with Gasteiger partial charge >= 0.3 is 0 Å². The molecule has 0 saturated heterocycles. The highest BCUT2D eigenvalue weighted by Crippen LogP contribution is 2.29. The van der Waals surface area contributed by atoms with E-state index in [9.17, 15) is 0 Å². The summed E-state index contributed by atoms with van der Waals surface area (Å²) in [6.07, 6.45) is 6.61. The molecule has 0 spiro atoms. The van der Waals surface area contributed by atoms with Crippen molar-refractivity contribution in [1.82, 2.24) is 14.5 Å². The average Bonchev–Trinajstić information content (AvgIpc) is 2.92. The molecule has 2 heterocycles. The van der Waals surface area contributed by atoms with E-state index >= 15 is 0 Å². The minimum absolute atomic E-state index is 0.541. The lowest BCUT2D eigenvalue weighted by molar-refractivity contribution is 0.615. The van der Waals surface area contributed by atoms with Crippen LogP contribution in [0.1, 0.15) is 32.0 Å². The van der Waals surface area contributed by atoms with Crippen LogP contribution in [-0.4, -0.2) is 26.5 Å². The topological polar surface area (TPSA) is 56.7 Å². The minimum Gasteiger partial charge on any atom is -0.382 e. The van der Waals surface area contributed by atoms with Crippen molar-refractivity contribution in [3.63, 3.8) is 0 Å². The maximum Gasteiger partial charge on any atom is 0.152 e. The molecule has 0 aliphatic heterocycles. The van der Waals surface area contributed by atoms with Gasteiger partial charge in [-0.3, -0.25) is 0 Å². The smallest absolute Gasteiger partial charge is 0.152 e. The molecular formula is C18H24N4S. The van der Waals surface area contributed by atoms with Gasteiger partial charge in [0.25, 0.3) is 0 Å². The van der Waals surface area contributed by atoms with Crippen molar-refractivity contribution < 1.29 is 0 Å². The number of hydrogen-bond acceptors (Lipinski definition) is 4. The quantitative estimate of drug-likeness (QED) is 0.658. The van der Waals surface area contributed by atoms with E-state index in [1.165, 1.54) is 18.6 Å². The van der Waals surface area contributed by atoms with Crippen molar-refractivity contribution >= 4 is 39.5 Å². The predicted octanol–water partition coefficient (Wildman–Crippen LogP) is 4.26. The Balaban J connectivity index is 2.14. The van der Waals surface area contributed by atoms with Gasteiger partial charge in [0.15, 0.2) is 5.82 Å². The number of anilines is 1. The standard InChI is InChI=1S/C18H24N4S/c1-3-8-15-21-16-17(22(15)11-6-7-12-23-2)13-9-4-5-10-14(13)20-18(16)19/h4-5,9-10H,3,6-8,11-12H2,1-2H3,(H2,19,20). The van der Waals surface area contributed by atoms with Crippen LogP contribution in [0.4, 0.5) is 5.82 Å². The molecule has 2 N–H and O–H groups in total.